The fourth-order valence-electron chi connectivity index (χ4n) is 2.58. The molecule has 0 aromatic rings. The molecule has 2 heterocycles. The van der Waals surface area contributed by atoms with Crippen LogP contribution < -0.4 is 10.6 Å². The van der Waals surface area contributed by atoms with Crippen molar-refractivity contribution in [3.8, 4) is 0 Å². The fraction of sp³-hybridized carbons (Fsp3) is 1.00. The van der Waals surface area contributed by atoms with E-state index in [1.807, 2.05) is 0 Å². The van der Waals surface area contributed by atoms with Crippen LogP contribution in [-0.4, -0.2) is 18.8 Å². The van der Waals surface area contributed by atoms with Crippen LogP contribution >= 0.6 is 0 Å². The lowest BCUT2D eigenvalue weighted by molar-refractivity contribution is 0.171. The molecule has 2 aliphatic heterocycles. The van der Waals surface area contributed by atoms with E-state index in [9.17, 15) is 0 Å². The van der Waals surface area contributed by atoms with Crippen molar-refractivity contribution in [3.63, 3.8) is 0 Å². The highest BCUT2D eigenvalue weighted by atomic mass is 15.2. The number of hydrogen-bond donors (Lipinski definition) is 2. The van der Waals surface area contributed by atoms with Gasteiger partial charge in [0.15, 0.2) is 0 Å². The molecule has 70 valence electrons. The average Bonchev–Trinajstić information content (AvgIpc) is 2.35. The molecule has 0 radical (unpaired) electrons. The first-order chi connectivity index (χ1) is 5.68. The third-order valence-corrected chi connectivity index (χ3v) is 3.76. The third-order valence-electron chi connectivity index (χ3n) is 3.76. The lowest BCUT2D eigenvalue weighted by Crippen LogP contribution is -2.53. The summed E-state index contributed by atoms with van der Waals surface area (Å²) in [4.78, 5) is 0. The van der Waals surface area contributed by atoms with Gasteiger partial charge in [-0.2, -0.15) is 0 Å². The summed E-state index contributed by atoms with van der Waals surface area (Å²) in [6.07, 6.45) is 2.00. The Morgan fingerprint density at radius 3 is 2.58 bits per heavy atom. The van der Waals surface area contributed by atoms with E-state index in [1.54, 1.807) is 0 Å². The molecule has 0 spiro atoms. The molecule has 2 fully saturated rings. The van der Waals surface area contributed by atoms with E-state index < -0.39 is 0 Å². The Labute approximate surface area is 75.1 Å². The summed E-state index contributed by atoms with van der Waals surface area (Å²) in [7, 11) is 0. The summed E-state index contributed by atoms with van der Waals surface area (Å²) in [5.41, 5.74) is 0. The molecule has 2 nitrogen and oxygen atoms in total. The van der Waals surface area contributed by atoms with Gasteiger partial charge in [-0.05, 0) is 37.6 Å². The molecular formula is C10H20N2. The average molecular weight is 168 g/mol. The van der Waals surface area contributed by atoms with Crippen molar-refractivity contribution in [1.29, 1.82) is 0 Å². The van der Waals surface area contributed by atoms with E-state index in [2.05, 4.69) is 31.4 Å². The number of hydrogen-bond acceptors (Lipinski definition) is 2. The van der Waals surface area contributed by atoms with Gasteiger partial charge in [0.1, 0.15) is 0 Å². The first-order valence-corrected chi connectivity index (χ1v) is 5.18. The minimum atomic E-state index is 0.603. The maximum absolute atomic E-state index is 3.65. The Bertz CT molecular complexity index is 169. The van der Waals surface area contributed by atoms with Crippen LogP contribution in [0.2, 0.25) is 0 Å². The summed E-state index contributed by atoms with van der Waals surface area (Å²) in [5.74, 6) is 2.57. The second-order valence-corrected chi connectivity index (χ2v) is 4.70. The summed E-state index contributed by atoms with van der Waals surface area (Å²) < 4.78 is 0. The molecule has 4 unspecified atom stereocenters. The van der Waals surface area contributed by atoms with Crippen LogP contribution in [0.3, 0.4) is 0 Å². The molecule has 12 heavy (non-hydrogen) atoms. The molecule has 2 saturated heterocycles. The topological polar surface area (TPSA) is 24.1 Å². The van der Waals surface area contributed by atoms with Gasteiger partial charge in [0, 0.05) is 6.04 Å². The number of piperidine rings is 1. The van der Waals surface area contributed by atoms with Crippen molar-refractivity contribution in [2.45, 2.75) is 39.4 Å². The molecular weight excluding hydrogens is 148 g/mol. The van der Waals surface area contributed by atoms with Crippen molar-refractivity contribution >= 4 is 0 Å². The molecule has 5 atom stereocenters. The van der Waals surface area contributed by atoms with Crippen LogP contribution in [0, 0.1) is 17.8 Å². The van der Waals surface area contributed by atoms with Gasteiger partial charge in [-0.15, -0.1) is 0 Å². The zero-order chi connectivity index (χ0) is 8.72. The normalized spacial score (nSPS) is 53.8. The van der Waals surface area contributed by atoms with Crippen molar-refractivity contribution in [3.05, 3.63) is 0 Å². The van der Waals surface area contributed by atoms with E-state index in [-0.39, 0.29) is 0 Å². The van der Waals surface area contributed by atoms with Crippen molar-refractivity contribution < 1.29 is 0 Å². The molecule has 2 aliphatic rings. The summed E-state index contributed by atoms with van der Waals surface area (Å²) >= 11 is 0. The largest absolute Gasteiger partial charge is 0.301 e. The Kier molecular flexibility index (Phi) is 2.13. The highest BCUT2D eigenvalue weighted by Crippen LogP contribution is 2.32. The van der Waals surface area contributed by atoms with E-state index >= 15 is 0 Å². The smallest absolute Gasteiger partial charge is 0.0606 e. The second kappa shape index (κ2) is 3.00. The zero-order valence-electron chi connectivity index (χ0n) is 8.30. The first-order valence-electron chi connectivity index (χ1n) is 5.18. The quantitative estimate of drug-likeness (QED) is 0.567. The number of rotatable bonds is 0. The van der Waals surface area contributed by atoms with Crippen LogP contribution in [0.25, 0.3) is 0 Å². The van der Waals surface area contributed by atoms with Gasteiger partial charge in [-0.1, -0.05) is 13.8 Å². The molecule has 0 aromatic carbocycles. The molecule has 2 N–H and O–H groups in total. The predicted octanol–water partition coefficient (Wildman–Crippen LogP) is 1.19. The Morgan fingerprint density at radius 2 is 1.83 bits per heavy atom. The minimum Gasteiger partial charge on any atom is -0.301 e. The number of fused-ring (bicyclic) bond motifs is 1. The van der Waals surface area contributed by atoms with E-state index in [0.29, 0.717) is 12.2 Å². The van der Waals surface area contributed by atoms with Crippen LogP contribution in [0.15, 0.2) is 0 Å². The van der Waals surface area contributed by atoms with Crippen LogP contribution in [0.1, 0.15) is 27.2 Å². The zero-order valence-corrected chi connectivity index (χ0v) is 8.30. The van der Waals surface area contributed by atoms with Crippen LogP contribution in [0.5, 0.6) is 0 Å². The van der Waals surface area contributed by atoms with Crippen molar-refractivity contribution in [1.82, 2.24) is 10.6 Å². The van der Waals surface area contributed by atoms with Gasteiger partial charge < -0.3 is 5.32 Å². The molecule has 0 aliphatic carbocycles. The summed E-state index contributed by atoms with van der Waals surface area (Å²) in [6.45, 7) is 8.22. The fourth-order valence-corrected chi connectivity index (χ4v) is 2.58. The molecule has 0 amide bonds. The predicted molar refractivity (Wildman–Crippen MR) is 50.8 cm³/mol. The first kappa shape index (κ1) is 8.52. The Morgan fingerprint density at radius 1 is 1.08 bits per heavy atom. The Hall–Kier alpha value is -0.0800. The monoisotopic (exact) mass is 168 g/mol. The summed E-state index contributed by atoms with van der Waals surface area (Å²) in [6, 6.07) is 0.684. The highest BCUT2D eigenvalue weighted by molar-refractivity contribution is 4.94. The lowest BCUT2D eigenvalue weighted by Gasteiger charge is -2.37. The SMILES string of the molecule is CC1CC2C(C)CN[C@@H]2NC1C. The van der Waals surface area contributed by atoms with Crippen LogP contribution in [0.4, 0.5) is 0 Å². The maximum atomic E-state index is 3.65. The van der Waals surface area contributed by atoms with Gasteiger partial charge in [0.2, 0.25) is 0 Å². The van der Waals surface area contributed by atoms with Crippen molar-refractivity contribution in [2.24, 2.45) is 17.8 Å². The van der Waals surface area contributed by atoms with E-state index in [0.717, 1.165) is 17.8 Å². The molecule has 0 saturated carbocycles. The minimum absolute atomic E-state index is 0.603. The van der Waals surface area contributed by atoms with E-state index in [1.165, 1.54) is 13.0 Å². The summed E-state index contributed by atoms with van der Waals surface area (Å²) in [5, 5.41) is 7.20. The molecule has 2 rings (SSSR count). The van der Waals surface area contributed by atoms with Gasteiger partial charge in [0.05, 0.1) is 6.17 Å². The highest BCUT2D eigenvalue weighted by Gasteiger charge is 2.39. The van der Waals surface area contributed by atoms with E-state index in [4.69, 9.17) is 0 Å². The standard InChI is InChI=1S/C10H20N2/c1-6-4-9-7(2)5-11-10(9)12-8(6)3/h6-12H,4-5H2,1-3H3/t6?,7?,8?,9?,10-/m1/s1. The molecule has 0 aromatic heterocycles. The van der Waals surface area contributed by atoms with Gasteiger partial charge in [-0.3, -0.25) is 5.32 Å². The lowest BCUT2D eigenvalue weighted by atomic mass is 9.80. The second-order valence-electron chi connectivity index (χ2n) is 4.70. The Balaban J connectivity index is 2.04. The number of nitrogens with one attached hydrogen (secondary N) is 2. The third kappa shape index (κ3) is 1.27. The van der Waals surface area contributed by atoms with Crippen molar-refractivity contribution in [2.75, 3.05) is 6.54 Å². The van der Waals surface area contributed by atoms with Crippen LogP contribution in [-0.2, 0) is 0 Å². The molecule has 2 heteroatoms. The van der Waals surface area contributed by atoms with Gasteiger partial charge >= 0.3 is 0 Å². The van der Waals surface area contributed by atoms with Gasteiger partial charge in [0.25, 0.3) is 0 Å². The van der Waals surface area contributed by atoms with Gasteiger partial charge in [-0.25, -0.2) is 0 Å². The maximum Gasteiger partial charge on any atom is 0.0606 e. The molecule has 0 bridgehead atoms.